The van der Waals surface area contributed by atoms with Crippen molar-refractivity contribution in [1.29, 1.82) is 0 Å². The number of imide groups is 1. The van der Waals surface area contributed by atoms with E-state index in [2.05, 4.69) is 5.32 Å². The van der Waals surface area contributed by atoms with E-state index in [0.717, 1.165) is 28.0 Å². The summed E-state index contributed by atoms with van der Waals surface area (Å²) < 4.78 is 22.4. The fraction of sp³-hybridized carbons (Fsp3) is 0.278. The molecule has 3 amide bonds. The molecule has 3 atom stereocenters. The number of thioether (sulfide) groups is 1. The van der Waals surface area contributed by atoms with E-state index in [0.29, 0.717) is 38.2 Å². The molecule has 2 unspecified atom stereocenters. The number of carbonyl (C=O) groups excluding carboxylic acids is 5. The predicted molar refractivity (Wildman–Crippen MR) is 189 cm³/mol. The van der Waals surface area contributed by atoms with E-state index in [9.17, 15) is 28.8 Å². The molecule has 0 saturated carbocycles. The van der Waals surface area contributed by atoms with E-state index in [4.69, 9.17) is 18.9 Å². The summed E-state index contributed by atoms with van der Waals surface area (Å²) in [7, 11) is 2.98. The molecule has 15 heteroatoms. The molecule has 13 nitrogen and oxygen atoms in total. The van der Waals surface area contributed by atoms with Crippen LogP contribution in [0.3, 0.4) is 0 Å². The Morgan fingerprint density at radius 1 is 0.784 bits per heavy atom. The van der Waals surface area contributed by atoms with Gasteiger partial charge >= 0.3 is 16.8 Å². The number of carbonyl (C=O) groups is 5. The van der Waals surface area contributed by atoms with Gasteiger partial charge < -0.3 is 24.3 Å². The van der Waals surface area contributed by atoms with Crippen LogP contribution in [0.4, 0.5) is 11.4 Å². The van der Waals surface area contributed by atoms with Crippen molar-refractivity contribution in [2.45, 2.75) is 36.6 Å². The number of rotatable bonds is 11. The van der Waals surface area contributed by atoms with Gasteiger partial charge in [-0.25, -0.2) is 14.5 Å². The molecule has 3 heterocycles. The third-order valence-electron chi connectivity index (χ3n) is 8.43. The zero-order valence-corrected chi connectivity index (χ0v) is 29.6. The summed E-state index contributed by atoms with van der Waals surface area (Å²) in [5.41, 5.74) is 1.90. The standard InChI is InChI=1S/C36H33N3O10S2/c1-5-48-34(43)19-7-12-22(13-8-19)37-26(40)18-38-33-30(51-36(38)45)27(21-11-16-24(46-3)25(17-21)47-4)28-29(50-33)32(42)39(31(28)41)23-14-9-20(10-15-23)35(44)49-6-2/h7-17,27-29H,5-6,18H2,1-4H3,(H,37,40)/t27-,28?,29?/m1/s1. The summed E-state index contributed by atoms with van der Waals surface area (Å²) >= 11 is 1.98. The van der Waals surface area contributed by atoms with E-state index < -0.39 is 51.6 Å². The molecule has 2 aliphatic rings. The minimum absolute atomic E-state index is 0.197. The predicted octanol–water partition coefficient (Wildman–Crippen LogP) is 4.71. The number of esters is 2. The van der Waals surface area contributed by atoms with Crippen molar-refractivity contribution < 1.29 is 42.9 Å². The minimum atomic E-state index is -0.938. The Bertz CT molecular complexity index is 2070. The van der Waals surface area contributed by atoms with Crippen molar-refractivity contribution in [3.8, 4) is 11.5 Å². The number of ether oxygens (including phenoxy) is 4. The van der Waals surface area contributed by atoms with Crippen LogP contribution in [0.25, 0.3) is 0 Å². The number of thiazole rings is 1. The monoisotopic (exact) mass is 731 g/mol. The van der Waals surface area contributed by atoms with Crippen LogP contribution in [0.5, 0.6) is 11.5 Å². The topological polar surface area (TPSA) is 160 Å². The van der Waals surface area contributed by atoms with E-state index in [-0.39, 0.29) is 31.0 Å². The molecule has 1 aromatic heterocycles. The molecule has 6 rings (SSSR count). The number of fused-ring (bicyclic) bond motifs is 2. The number of methoxy groups -OCH3 is 2. The molecule has 2 aliphatic heterocycles. The second-order valence-corrected chi connectivity index (χ2v) is 13.5. The number of amides is 3. The normalized spacial score (nSPS) is 17.7. The summed E-state index contributed by atoms with van der Waals surface area (Å²) in [6.45, 7) is 3.46. The van der Waals surface area contributed by atoms with E-state index in [1.54, 1.807) is 44.2 Å². The SMILES string of the molecule is CCOC(=O)c1ccc(NC(=O)Cn2c3c(sc2=O)[C@H](c2ccc(OC)c(OC)c2)C2C(=O)N(c4ccc(C(=O)OCC)cc4)C(=O)C2S3)cc1. The zero-order valence-electron chi connectivity index (χ0n) is 28.0. The van der Waals surface area contributed by atoms with Crippen molar-refractivity contribution in [2.24, 2.45) is 5.92 Å². The van der Waals surface area contributed by atoms with Gasteiger partial charge in [-0.05, 0) is 80.1 Å². The lowest BCUT2D eigenvalue weighted by Gasteiger charge is -2.31. The second kappa shape index (κ2) is 14.8. The van der Waals surface area contributed by atoms with Crippen LogP contribution in [0.15, 0.2) is 76.6 Å². The molecule has 1 N–H and O–H groups in total. The average Bonchev–Trinajstić information content (AvgIpc) is 3.57. The van der Waals surface area contributed by atoms with E-state index in [1.165, 1.54) is 55.2 Å². The van der Waals surface area contributed by atoms with Crippen LogP contribution in [0.2, 0.25) is 0 Å². The summed E-state index contributed by atoms with van der Waals surface area (Å²) in [6, 6.07) is 17.4. The Kier molecular flexibility index (Phi) is 10.3. The minimum Gasteiger partial charge on any atom is -0.493 e. The summed E-state index contributed by atoms with van der Waals surface area (Å²) in [5, 5.41) is 2.21. The average molecular weight is 732 g/mol. The molecule has 264 valence electrons. The summed E-state index contributed by atoms with van der Waals surface area (Å²) in [6.07, 6.45) is 0. The van der Waals surface area contributed by atoms with Gasteiger partial charge in [0.25, 0.3) is 0 Å². The van der Waals surface area contributed by atoms with Crippen molar-refractivity contribution in [2.75, 3.05) is 37.7 Å². The third-order valence-corrected chi connectivity index (χ3v) is 11.0. The second-order valence-electron chi connectivity index (χ2n) is 11.4. The maximum absolute atomic E-state index is 14.3. The fourth-order valence-corrected chi connectivity index (χ4v) is 8.90. The highest BCUT2D eigenvalue weighted by atomic mass is 32.2. The number of nitrogens with one attached hydrogen (secondary N) is 1. The maximum Gasteiger partial charge on any atom is 0.338 e. The summed E-state index contributed by atoms with van der Waals surface area (Å²) in [5.74, 6) is -3.29. The van der Waals surface area contributed by atoms with Crippen LogP contribution in [-0.4, -0.2) is 66.9 Å². The first-order chi connectivity index (χ1) is 24.6. The number of aromatic nitrogens is 1. The Balaban J connectivity index is 1.35. The molecule has 51 heavy (non-hydrogen) atoms. The molecular formula is C36H33N3O10S2. The van der Waals surface area contributed by atoms with Crippen molar-refractivity contribution in [3.63, 3.8) is 0 Å². The lowest BCUT2D eigenvalue weighted by atomic mass is 9.83. The first kappa shape index (κ1) is 35.4. The van der Waals surface area contributed by atoms with Crippen molar-refractivity contribution >= 4 is 64.1 Å². The molecule has 4 aromatic rings. The van der Waals surface area contributed by atoms with Crippen molar-refractivity contribution in [3.05, 3.63) is 98.0 Å². The number of hydrogen-bond donors (Lipinski definition) is 1. The quantitative estimate of drug-likeness (QED) is 0.168. The highest BCUT2D eigenvalue weighted by molar-refractivity contribution is 8.00. The fourth-order valence-electron chi connectivity index (χ4n) is 6.12. The first-order valence-corrected chi connectivity index (χ1v) is 17.6. The lowest BCUT2D eigenvalue weighted by Crippen LogP contribution is -2.33. The molecule has 0 aliphatic carbocycles. The number of hydrogen-bond acceptors (Lipinski definition) is 12. The first-order valence-electron chi connectivity index (χ1n) is 15.9. The molecule has 0 radical (unpaired) electrons. The van der Waals surface area contributed by atoms with Crippen LogP contribution in [0.1, 0.15) is 50.9 Å². The highest BCUT2D eigenvalue weighted by Crippen LogP contribution is 2.54. The molecular weight excluding hydrogens is 699 g/mol. The Morgan fingerprint density at radius 2 is 1.39 bits per heavy atom. The van der Waals surface area contributed by atoms with E-state index >= 15 is 0 Å². The Hall–Kier alpha value is -5.41. The van der Waals surface area contributed by atoms with Gasteiger partial charge in [0, 0.05) is 16.5 Å². The molecule has 0 spiro atoms. The summed E-state index contributed by atoms with van der Waals surface area (Å²) in [4.78, 5) is 80.7. The van der Waals surface area contributed by atoms with Gasteiger partial charge in [-0.15, -0.1) is 0 Å². The van der Waals surface area contributed by atoms with Crippen LogP contribution < -0.4 is 24.6 Å². The molecule has 0 bridgehead atoms. The van der Waals surface area contributed by atoms with Gasteiger partial charge in [-0.1, -0.05) is 29.2 Å². The number of nitrogens with zero attached hydrogens (tertiary/aromatic N) is 2. The Morgan fingerprint density at radius 3 is 1.98 bits per heavy atom. The largest absolute Gasteiger partial charge is 0.493 e. The van der Waals surface area contributed by atoms with E-state index in [1.807, 2.05) is 0 Å². The molecule has 3 aromatic carbocycles. The Labute approximate surface area is 300 Å². The number of anilines is 2. The van der Waals surface area contributed by atoms with Gasteiger partial charge in [0.2, 0.25) is 17.7 Å². The van der Waals surface area contributed by atoms with Crippen LogP contribution in [-0.2, 0) is 30.4 Å². The zero-order chi connectivity index (χ0) is 36.4. The highest BCUT2D eigenvalue weighted by Gasteiger charge is 2.57. The van der Waals surface area contributed by atoms with Gasteiger partial charge in [-0.3, -0.25) is 23.7 Å². The van der Waals surface area contributed by atoms with Gasteiger partial charge in [0.15, 0.2) is 11.5 Å². The van der Waals surface area contributed by atoms with Crippen LogP contribution in [0, 0.1) is 5.92 Å². The number of benzene rings is 3. The van der Waals surface area contributed by atoms with Gasteiger partial charge in [-0.2, -0.15) is 0 Å². The maximum atomic E-state index is 14.3. The molecule has 1 saturated heterocycles. The van der Waals surface area contributed by atoms with Crippen LogP contribution >= 0.6 is 23.1 Å². The van der Waals surface area contributed by atoms with Crippen molar-refractivity contribution in [1.82, 2.24) is 4.57 Å². The molecule has 1 fully saturated rings. The smallest absolute Gasteiger partial charge is 0.338 e. The van der Waals surface area contributed by atoms with Gasteiger partial charge in [0.05, 0.1) is 55.2 Å². The van der Waals surface area contributed by atoms with Gasteiger partial charge in [0.1, 0.15) is 11.8 Å². The lowest BCUT2D eigenvalue weighted by molar-refractivity contribution is -0.122. The third kappa shape index (κ3) is 6.73.